The summed E-state index contributed by atoms with van der Waals surface area (Å²) in [6.45, 7) is 3.61. The Labute approximate surface area is 128 Å². The summed E-state index contributed by atoms with van der Waals surface area (Å²) in [6.07, 6.45) is 0. The molecule has 0 aromatic heterocycles. The number of rotatable bonds is 2. The first kappa shape index (κ1) is 15.4. The minimum absolute atomic E-state index is 0.212. The second-order valence-electron chi connectivity index (χ2n) is 4.60. The molecule has 106 valence electrons. The van der Waals surface area contributed by atoms with E-state index in [-0.39, 0.29) is 5.56 Å². The van der Waals surface area contributed by atoms with E-state index in [1.165, 1.54) is 0 Å². The fraction of sp³-hybridized carbons (Fsp3) is 0.200. The maximum absolute atomic E-state index is 13.8. The van der Waals surface area contributed by atoms with Gasteiger partial charge in [-0.3, -0.25) is 0 Å². The van der Waals surface area contributed by atoms with Gasteiger partial charge in [0.25, 0.3) is 0 Å². The number of alkyl halides is 1. The van der Waals surface area contributed by atoms with Gasteiger partial charge in [0.05, 0.1) is 4.83 Å². The highest BCUT2D eigenvalue weighted by molar-refractivity contribution is 9.09. The normalized spacial score (nSPS) is 12.6. The van der Waals surface area contributed by atoms with Crippen molar-refractivity contribution in [3.05, 3.63) is 69.0 Å². The molecule has 0 saturated carbocycles. The van der Waals surface area contributed by atoms with Gasteiger partial charge in [0.15, 0.2) is 0 Å². The van der Waals surface area contributed by atoms with Crippen LogP contribution in [0.3, 0.4) is 0 Å². The Balaban J connectivity index is 2.57. The third-order valence-corrected chi connectivity index (χ3v) is 4.48. The summed E-state index contributed by atoms with van der Waals surface area (Å²) in [4.78, 5) is -0.709. The van der Waals surface area contributed by atoms with Gasteiger partial charge >= 0.3 is 0 Å². The molecule has 2 aromatic rings. The van der Waals surface area contributed by atoms with Gasteiger partial charge in [0.2, 0.25) is 0 Å². The fourth-order valence-electron chi connectivity index (χ4n) is 2.03. The van der Waals surface area contributed by atoms with E-state index in [4.69, 9.17) is 11.6 Å². The molecule has 0 bridgehead atoms. The van der Waals surface area contributed by atoms with Gasteiger partial charge in [-0.15, -0.1) is 0 Å². The Morgan fingerprint density at radius 1 is 0.950 bits per heavy atom. The van der Waals surface area contributed by atoms with E-state index in [2.05, 4.69) is 15.9 Å². The Morgan fingerprint density at radius 3 is 2.05 bits per heavy atom. The molecule has 0 amide bonds. The van der Waals surface area contributed by atoms with E-state index in [1.807, 2.05) is 6.92 Å². The van der Waals surface area contributed by atoms with Crippen LogP contribution in [-0.2, 0) is 0 Å². The Hall–Kier alpha value is -1.00. The molecule has 20 heavy (non-hydrogen) atoms. The molecule has 0 fully saturated rings. The predicted octanol–water partition coefficient (Wildman–Crippen LogP) is 5.86. The zero-order valence-corrected chi connectivity index (χ0v) is 13.1. The molecule has 1 atom stereocenters. The van der Waals surface area contributed by atoms with Crippen molar-refractivity contribution >= 4 is 27.5 Å². The van der Waals surface area contributed by atoms with Gasteiger partial charge in [0.1, 0.15) is 17.5 Å². The van der Waals surface area contributed by atoms with Crippen molar-refractivity contribution in [2.45, 2.75) is 18.7 Å². The maximum Gasteiger partial charge on any atom is 0.133 e. The molecule has 2 rings (SSSR count). The van der Waals surface area contributed by atoms with Crippen LogP contribution >= 0.6 is 27.5 Å². The van der Waals surface area contributed by atoms with Crippen molar-refractivity contribution in [2.75, 3.05) is 0 Å². The van der Waals surface area contributed by atoms with Gasteiger partial charge in [-0.1, -0.05) is 33.6 Å². The number of halogens is 5. The fourth-order valence-corrected chi connectivity index (χ4v) is 3.18. The minimum Gasteiger partial charge on any atom is -0.207 e. The van der Waals surface area contributed by atoms with Crippen LogP contribution in [-0.4, -0.2) is 0 Å². The average molecular weight is 364 g/mol. The number of aryl methyl sites for hydroxylation is 2. The molecular formula is C15H11BrClF3. The summed E-state index contributed by atoms with van der Waals surface area (Å²) in [5, 5.41) is 0.589. The molecule has 0 aliphatic heterocycles. The van der Waals surface area contributed by atoms with Crippen LogP contribution in [0.1, 0.15) is 27.1 Å². The topological polar surface area (TPSA) is 0 Å². The van der Waals surface area contributed by atoms with Gasteiger partial charge in [-0.25, -0.2) is 13.2 Å². The van der Waals surface area contributed by atoms with Gasteiger partial charge in [-0.2, -0.15) is 0 Å². The first-order valence-corrected chi connectivity index (χ1v) is 7.15. The molecule has 5 heteroatoms. The zero-order valence-electron chi connectivity index (χ0n) is 10.8. The van der Waals surface area contributed by atoms with E-state index in [1.54, 1.807) is 19.1 Å². The first-order chi connectivity index (χ1) is 9.31. The maximum atomic E-state index is 13.8. The first-order valence-electron chi connectivity index (χ1n) is 5.86. The second-order valence-corrected chi connectivity index (χ2v) is 5.93. The third kappa shape index (κ3) is 2.86. The summed E-state index contributed by atoms with van der Waals surface area (Å²) in [6, 6.07) is 4.84. The molecule has 0 aliphatic carbocycles. The van der Waals surface area contributed by atoms with Crippen LogP contribution in [0.5, 0.6) is 0 Å². The molecule has 1 unspecified atom stereocenters. The molecule has 0 N–H and O–H groups in total. The van der Waals surface area contributed by atoms with E-state index in [0.717, 1.165) is 11.1 Å². The lowest BCUT2D eigenvalue weighted by atomic mass is 9.97. The molecule has 0 radical (unpaired) electrons. The van der Waals surface area contributed by atoms with Crippen LogP contribution in [0, 0.1) is 31.3 Å². The highest BCUT2D eigenvalue weighted by Gasteiger charge is 2.22. The average Bonchev–Trinajstić information content (AvgIpc) is 2.32. The molecule has 0 spiro atoms. The van der Waals surface area contributed by atoms with Crippen LogP contribution in [0.15, 0.2) is 24.3 Å². The number of hydrogen-bond donors (Lipinski definition) is 0. The summed E-state index contributed by atoms with van der Waals surface area (Å²) in [5.41, 5.74) is 2.08. The lowest BCUT2D eigenvalue weighted by Gasteiger charge is -2.17. The second kappa shape index (κ2) is 5.78. The standard InChI is InChI=1S/C15H11BrClF3/c1-7-4-11(17)8(2)3-10(7)15(16)14-12(19)5-9(18)6-13(14)20/h3-6,15H,1-2H3. The van der Waals surface area contributed by atoms with Crippen molar-refractivity contribution in [3.63, 3.8) is 0 Å². The van der Waals surface area contributed by atoms with Crippen molar-refractivity contribution in [3.8, 4) is 0 Å². The van der Waals surface area contributed by atoms with Crippen LogP contribution in [0.25, 0.3) is 0 Å². The van der Waals surface area contributed by atoms with Crippen molar-refractivity contribution < 1.29 is 13.2 Å². The van der Waals surface area contributed by atoms with Gasteiger partial charge in [0, 0.05) is 22.7 Å². The van der Waals surface area contributed by atoms with Crippen molar-refractivity contribution in [1.82, 2.24) is 0 Å². The van der Waals surface area contributed by atoms with Crippen molar-refractivity contribution in [1.29, 1.82) is 0 Å². The van der Waals surface area contributed by atoms with E-state index >= 15 is 0 Å². The lowest BCUT2D eigenvalue weighted by molar-refractivity contribution is 0.527. The van der Waals surface area contributed by atoms with E-state index in [9.17, 15) is 13.2 Å². The lowest BCUT2D eigenvalue weighted by Crippen LogP contribution is -2.04. The number of benzene rings is 2. The minimum atomic E-state index is -0.938. The molecular weight excluding hydrogens is 353 g/mol. The van der Waals surface area contributed by atoms with Gasteiger partial charge in [-0.05, 0) is 36.6 Å². The molecule has 0 aliphatic rings. The van der Waals surface area contributed by atoms with Crippen LogP contribution in [0.2, 0.25) is 5.02 Å². The highest BCUT2D eigenvalue weighted by atomic mass is 79.9. The molecule has 2 aromatic carbocycles. The Bertz CT molecular complexity index is 647. The number of hydrogen-bond acceptors (Lipinski definition) is 0. The summed E-state index contributed by atoms with van der Waals surface area (Å²) >= 11 is 9.29. The Kier molecular flexibility index (Phi) is 4.45. The SMILES string of the molecule is Cc1cc(C(Br)c2c(F)cc(F)cc2F)c(C)cc1Cl. The monoisotopic (exact) mass is 362 g/mol. The van der Waals surface area contributed by atoms with Gasteiger partial charge < -0.3 is 0 Å². The van der Waals surface area contributed by atoms with E-state index < -0.39 is 22.3 Å². The van der Waals surface area contributed by atoms with E-state index in [0.29, 0.717) is 22.7 Å². The Morgan fingerprint density at radius 2 is 1.50 bits per heavy atom. The summed E-state index contributed by atoms with van der Waals surface area (Å²) in [5.74, 6) is -2.78. The van der Waals surface area contributed by atoms with Crippen LogP contribution in [0.4, 0.5) is 13.2 Å². The smallest absolute Gasteiger partial charge is 0.133 e. The summed E-state index contributed by atoms with van der Waals surface area (Å²) in [7, 11) is 0. The molecule has 0 nitrogen and oxygen atoms in total. The third-order valence-electron chi connectivity index (χ3n) is 3.12. The zero-order chi connectivity index (χ0) is 15.0. The quantitative estimate of drug-likeness (QED) is 0.586. The van der Waals surface area contributed by atoms with Crippen LogP contribution < -0.4 is 0 Å². The molecule has 0 heterocycles. The van der Waals surface area contributed by atoms with Crippen molar-refractivity contribution in [2.24, 2.45) is 0 Å². The molecule has 0 saturated heterocycles. The summed E-state index contributed by atoms with van der Waals surface area (Å²) < 4.78 is 40.6. The predicted molar refractivity (Wildman–Crippen MR) is 78.0 cm³/mol. The highest BCUT2D eigenvalue weighted by Crippen LogP contribution is 2.37. The largest absolute Gasteiger partial charge is 0.207 e.